The van der Waals surface area contributed by atoms with Gasteiger partial charge in [0.25, 0.3) is 0 Å². The van der Waals surface area contributed by atoms with E-state index in [1.807, 2.05) is 0 Å². The molecule has 0 saturated heterocycles. The highest BCUT2D eigenvalue weighted by Gasteiger charge is 2.33. The summed E-state index contributed by atoms with van der Waals surface area (Å²) in [5, 5.41) is 14.5. The molecule has 3 unspecified atom stereocenters. The molecule has 1 rings (SSSR count). The summed E-state index contributed by atoms with van der Waals surface area (Å²) in [6, 6.07) is -1.28. The third kappa shape index (κ3) is 4.70. The summed E-state index contributed by atoms with van der Waals surface area (Å²) < 4.78 is 5.23. The van der Waals surface area contributed by atoms with E-state index in [4.69, 9.17) is 9.84 Å². The second kappa shape index (κ2) is 6.23. The summed E-state index contributed by atoms with van der Waals surface area (Å²) in [4.78, 5) is 23.0. The summed E-state index contributed by atoms with van der Waals surface area (Å²) in [6.45, 7) is 5.34. The van der Waals surface area contributed by atoms with Crippen molar-refractivity contribution in [2.45, 2.75) is 58.2 Å². The van der Waals surface area contributed by atoms with E-state index < -0.39 is 23.5 Å². The van der Waals surface area contributed by atoms with Gasteiger partial charge in [-0.3, -0.25) is 0 Å². The van der Waals surface area contributed by atoms with Crippen molar-refractivity contribution in [3.8, 4) is 0 Å². The molecule has 3 N–H and O–H groups in total. The number of hydrogen-bond donors (Lipinski definition) is 3. The molecule has 0 aromatic heterocycles. The molecule has 0 heterocycles. The number of methoxy groups -OCH3 is 1. The number of nitrogens with one attached hydrogen (secondary N) is 2. The molecule has 3 atom stereocenters. The first-order valence-corrected chi connectivity index (χ1v) is 6.56. The van der Waals surface area contributed by atoms with Gasteiger partial charge in [0.1, 0.15) is 6.04 Å². The zero-order chi connectivity index (χ0) is 14.6. The van der Waals surface area contributed by atoms with E-state index in [0.29, 0.717) is 0 Å². The highest BCUT2D eigenvalue weighted by atomic mass is 16.5. The fourth-order valence-corrected chi connectivity index (χ4v) is 2.29. The topological polar surface area (TPSA) is 87.7 Å². The van der Waals surface area contributed by atoms with E-state index in [9.17, 15) is 9.59 Å². The molecule has 19 heavy (non-hydrogen) atoms. The first kappa shape index (κ1) is 15.8. The summed E-state index contributed by atoms with van der Waals surface area (Å²) in [5.74, 6) is -1.02. The number of carbonyl (C=O) groups excluding carboxylic acids is 1. The second-order valence-electron chi connectivity index (χ2n) is 6.12. The Morgan fingerprint density at radius 1 is 1.32 bits per heavy atom. The Balaban J connectivity index is 2.48. The van der Waals surface area contributed by atoms with Crippen molar-refractivity contribution in [3.63, 3.8) is 0 Å². The number of amides is 2. The fraction of sp³-hybridized carbons (Fsp3) is 0.846. The van der Waals surface area contributed by atoms with Crippen molar-refractivity contribution in [1.82, 2.24) is 10.6 Å². The second-order valence-corrected chi connectivity index (χ2v) is 6.12. The molecule has 0 bridgehead atoms. The maximum atomic E-state index is 11.8. The van der Waals surface area contributed by atoms with Crippen LogP contribution in [0.3, 0.4) is 0 Å². The zero-order valence-corrected chi connectivity index (χ0v) is 12.0. The lowest BCUT2D eigenvalue weighted by Gasteiger charge is -2.28. The van der Waals surface area contributed by atoms with Crippen LogP contribution in [0.15, 0.2) is 0 Å². The normalized spacial score (nSPS) is 24.8. The third-order valence-corrected chi connectivity index (χ3v) is 3.44. The molecule has 110 valence electrons. The van der Waals surface area contributed by atoms with Crippen LogP contribution in [0.4, 0.5) is 4.79 Å². The smallest absolute Gasteiger partial charge is 0.326 e. The Labute approximate surface area is 113 Å². The maximum Gasteiger partial charge on any atom is 0.326 e. The maximum absolute atomic E-state index is 11.8. The molecule has 0 aliphatic heterocycles. The molecule has 2 amide bonds. The number of aliphatic carboxylic acids is 1. The zero-order valence-electron chi connectivity index (χ0n) is 12.0. The monoisotopic (exact) mass is 272 g/mol. The van der Waals surface area contributed by atoms with Gasteiger partial charge >= 0.3 is 12.0 Å². The van der Waals surface area contributed by atoms with E-state index in [1.165, 1.54) is 0 Å². The van der Waals surface area contributed by atoms with Crippen LogP contribution in [-0.4, -0.2) is 42.4 Å². The van der Waals surface area contributed by atoms with Gasteiger partial charge < -0.3 is 20.5 Å². The van der Waals surface area contributed by atoms with Crippen LogP contribution in [0.2, 0.25) is 0 Å². The molecule has 1 fully saturated rings. The lowest BCUT2D eigenvalue weighted by molar-refractivity contribution is -0.141. The van der Waals surface area contributed by atoms with Crippen LogP contribution < -0.4 is 10.6 Å². The van der Waals surface area contributed by atoms with Crippen molar-refractivity contribution in [1.29, 1.82) is 0 Å². The van der Waals surface area contributed by atoms with E-state index in [1.54, 1.807) is 27.9 Å². The van der Waals surface area contributed by atoms with Crippen LogP contribution in [0.1, 0.15) is 40.0 Å². The molecule has 0 aromatic carbocycles. The van der Waals surface area contributed by atoms with Crippen molar-refractivity contribution >= 4 is 12.0 Å². The molecular weight excluding hydrogens is 248 g/mol. The number of hydrogen-bond acceptors (Lipinski definition) is 3. The first-order valence-electron chi connectivity index (χ1n) is 6.56. The molecular formula is C13H24N2O4. The van der Waals surface area contributed by atoms with Crippen LogP contribution in [0.5, 0.6) is 0 Å². The van der Waals surface area contributed by atoms with E-state index in [-0.39, 0.29) is 12.1 Å². The standard InChI is InChI=1S/C13H24N2O4/c1-13(2,3)10(11(16)17)15-12(18)14-8-5-6-9(7-8)19-4/h8-10H,5-7H2,1-4H3,(H,16,17)(H2,14,15,18). The number of carboxylic acids is 1. The number of carbonyl (C=O) groups is 2. The summed E-state index contributed by atoms with van der Waals surface area (Å²) >= 11 is 0. The van der Waals surface area contributed by atoms with E-state index in [2.05, 4.69) is 10.6 Å². The van der Waals surface area contributed by atoms with Crippen molar-refractivity contribution < 1.29 is 19.4 Å². The fourth-order valence-electron chi connectivity index (χ4n) is 2.29. The summed E-state index contributed by atoms with van der Waals surface area (Å²) in [7, 11) is 1.66. The number of rotatable bonds is 4. The van der Waals surface area contributed by atoms with E-state index >= 15 is 0 Å². The van der Waals surface area contributed by atoms with Crippen LogP contribution in [-0.2, 0) is 9.53 Å². The molecule has 1 aliphatic rings. The number of urea groups is 1. The SMILES string of the molecule is COC1CCC(NC(=O)NC(C(=O)O)C(C)(C)C)C1. The van der Waals surface area contributed by atoms with Crippen molar-refractivity contribution in [3.05, 3.63) is 0 Å². The lowest BCUT2D eigenvalue weighted by atomic mass is 9.87. The minimum atomic E-state index is -1.02. The Bertz CT molecular complexity index is 338. The minimum Gasteiger partial charge on any atom is -0.480 e. The largest absolute Gasteiger partial charge is 0.480 e. The highest BCUT2D eigenvalue weighted by Crippen LogP contribution is 2.22. The highest BCUT2D eigenvalue weighted by molar-refractivity contribution is 5.83. The average Bonchev–Trinajstić information content (AvgIpc) is 2.71. The van der Waals surface area contributed by atoms with E-state index in [0.717, 1.165) is 19.3 Å². The molecule has 0 aromatic rings. The van der Waals surface area contributed by atoms with Crippen LogP contribution in [0, 0.1) is 5.41 Å². The van der Waals surface area contributed by atoms with Crippen LogP contribution in [0.25, 0.3) is 0 Å². The number of carboxylic acid groups (broad SMARTS) is 1. The summed E-state index contributed by atoms with van der Waals surface area (Å²) in [5.41, 5.74) is -0.534. The Hall–Kier alpha value is -1.30. The van der Waals surface area contributed by atoms with Gasteiger partial charge in [-0.25, -0.2) is 9.59 Å². The molecule has 1 saturated carbocycles. The summed E-state index contributed by atoms with van der Waals surface area (Å²) in [6.07, 6.45) is 2.74. The number of ether oxygens (including phenoxy) is 1. The van der Waals surface area contributed by atoms with Crippen LogP contribution >= 0.6 is 0 Å². The predicted molar refractivity (Wildman–Crippen MR) is 71.0 cm³/mol. The van der Waals surface area contributed by atoms with Gasteiger partial charge in [-0.1, -0.05) is 20.8 Å². The van der Waals surface area contributed by atoms with Gasteiger partial charge in [0.15, 0.2) is 0 Å². The molecule has 1 aliphatic carbocycles. The van der Waals surface area contributed by atoms with Gasteiger partial charge in [-0.05, 0) is 24.7 Å². The molecule has 0 radical (unpaired) electrons. The van der Waals surface area contributed by atoms with Gasteiger partial charge in [0, 0.05) is 13.2 Å². The van der Waals surface area contributed by atoms with Gasteiger partial charge in [0.05, 0.1) is 6.10 Å². The van der Waals surface area contributed by atoms with Gasteiger partial charge in [-0.15, -0.1) is 0 Å². The Morgan fingerprint density at radius 3 is 2.37 bits per heavy atom. The molecule has 0 spiro atoms. The quantitative estimate of drug-likeness (QED) is 0.721. The first-order chi connectivity index (χ1) is 8.74. The average molecular weight is 272 g/mol. The van der Waals surface area contributed by atoms with Gasteiger partial charge in [-0.2, -0.15) is 0 Å². The Kier molecular flexibility index (Phi) is 5.17. The van der Waals surface area contributed by atoms with Crippen molar-refractivity contribution in [2.75, 3.05) is 7.11 Å². The van der Waals surface area contributed by atoms with Crippen molar-refractivity contribution in [2.24, 2.45) is 5.41 Å². The Morgan fingerprint density at radius 2 is 1.95 bits per heavy atom. The minimum absolute atomic E-state index is 0.0550. The predicted octanol–water partition coefficient (Wildman–Crippen LogP) is 1.35. The molecule has 6 nitrogen and oxygen atoms in total. The lowest BCUT2D eigenvalue weighted by Crippen LogP contribution is -2.53. The molecule has 6 heteroatoms. The van der Waals surface area contributed by atoms with Gasteiger partial charge in [0.2, 0.25) is 0 Å². The third-order valence-electron chi connectivity index (χ3n) is 3.44.